The van der Waals surface area contributed by atoms with E-state index in [2.05, 4.69) is 19.8 Å². The smallest absolute Gasteiger partial charge is 0.271 e. The number of rotatable bonds is 5. The van der Waals surface area contributed by atoms with Crippen molar-refractivity contribution in [1.29, 1.82) is 0 Å². The fraction of sp³-hybridized carbons (Fsp3) is 0.263. The van der Waals surface area contributed by atoms with Crippen LogP contribution in [0.5, 0.6) is 0 Å². The normalized spacial score (nSPS) is 14.5. The lowest BCUT2D eigenvalue weighted by molar-refractivity contribution is 0.603. The van der Waals surface area contributed by atoms with Gasteiger partial charge in [0, 0.05) is 29.2 Å². The van der Waals surface area contributed by atoms with Gasteiger partial charge in [-0.15, -0.1) is 21.5 Å². The molecule has 1 aliphatic heterocycles. The minimum absolute atomic E-state index is 0.306. The fourth-order valence-corrected chi connectivity index (χ4v) is 5.43. The summed E-state index contributed by atoms with van der Waals surface area (Å²) in [6.45, 7) is 3.93. The van der Waals surface area contributed by atoms with Gasteiger partial charge in [0.25, 0.3) is 10.0 Å². The Morgan fingerprint density at radius 3 is 2.52 bits per heavy atom. The van der Waals surface area contributed by atoms with Gasteiger partial charge in [0.05, 0.1) is 5.69 Å². The van der Waals surface area contributed by atoms with E-state index in [1.54, 1.807) is 24.3 Å². The maximum absolute atomic E-state index is 12.5. The molecule has 1 aliphatic rings. The lowest BCUT2D eigenvalue weighted by Crippen LogP contribution is -2.19. The van der Waals surface area contributed by atoms with E-state index in [0.29, 0.717) is 15.6 Å². The average Bonchev–Trinajstić information content (AvgIpc) is 3.34. The van der Waals surface area contributed by atoms with Gasteiger partial charge in [-0.1, -0.05) is 12.1 Å². The molecule has 0 unspecified atom stereocenters. The molecule has 8 heteroatoms. The Morgan fingerprint density at radius 2 is 1.85 bits per heavy atom. The van der Waals surface area contributed by atoms with Crippen LogP contribution in [0.3, 0.4) is 0 Å². The summed E-state index contributed by atoms with van der Waals surface area (Å²) in [5.41, 5.74) is 2.04. The van der Waals surface area contributed by atoms with Gasteiger partial charge < -0.3 is 4.90 Å². The number of anilines is 2. The van der Waals surface area contributed by atoms with Crippen molar-refractivity contribution in [1.82, 2.24) is 10.2 Å². The van der Waals surface area contributed by atoms with Crippen LogP contribution in [0.1, 0.15) is 17.7 Å². The zero-order valence-electron chi connectivity index (χ0n) is 14.9. The van der Waals surface area contributed by atoms with Crippen LogP contribution in [-0.2, 0) is 10.0 Å². The number of aromatic nitrogens is 2. The van der Waals surface area contributed by atoms with Crippen LogP contribution in [0, 0.1) is 6.92 Å². The first-order chi connectivity index (χ1) is 13.0. The zero-order valence-corrected chi connectivity index (χ0v) is 16.6. The Balaban J connectivity index is 1.55. The van der Waals surface area contributed by atoms with E-state index < -0.39 is 10.0 Å². The summed E-state index contributed by atoms with van der Waals surface area (Å²) in [5, 5.41) is 8.66. The lowest BCUT2D eigenvalue weighted by atomic mass is 10.1. The van der Waals surface area contributed by atoms with Crippen LogP contribution in [0.4, 0.5) is 11.5 Å². The first kappa shape index (κ1) is 17.9. The molecular weight excluding hydrogens is 380 g/mol. The Bertz CT molecular complexity index is 1040. The molecule has 0 amide bonds. The molecule has 4 rings (SSSR count). The predicted molar refractivity (Wildman–Crippen MR) is 109 cm³/mol. The van der Waals surface area contributed by atoms with E-state index >= 15 is 0 Å². The molecule has 0 saturated carbocycles. The highest BCUT2D eigenvalue weighted by molar-refractivity contribution is 7.94. The molecule has 1 aromatic carbocycles. The van der Waals surface area contributed by atoms with E-state index in [-0.39, 0.29) is 0 Å². The average molecular weight is 401 g/mol. The molecule has 0 radical (unpaired) electrons. The summed E-state index contributed by atoms with van der Waals surface area (Å²) < 4.78 is 28.0. The second-order valence-corrected chi connectivity index (χ2v) is 9.72. The minimum Gasteiger partial charge on any atom is -0.355 e. The van der Waals surface area contributed by atoms with E-state index in [1.807, 2.05) is 31.2 Å². The van der Waals surface area contributed by atoms with Crippen molar-refractivity contribution in [2.24, 2.45) is 0 Å². The SMILES string of the molecule is Cc1ccc(S(=O)(=O)Nc2cccc(-c3ccc(N4CCCC4)nn3)c2)s1. The quantitative estimate of drug-likeness (QED) is 0.703. The summed E-state index contributed by atoms with van der Waals surface area (Å²) in [4.78, 5) is 3.18. The van der Waals surface area contributed by atoms with Crippen LogP contribution >= 0.6 is 11.3 Å². The molecule has 140 valence electrons. The maximum atomic E-state index is 12.5. The molecule has 6 nitrogen and oxygen atoms in total. The first-order valence-electron chi connectivity index (χ1n) is 8.80. The largest absolute Gasteiger partial charge is 0.355 e. The van der Waals surface area contributed by atoms with E-state index in [9.17, 15) is 8.42 Å². The van der Waals surface area contributed by atoms with E-state index in [0.717, 1.165) is 29.3 Å². The summed E-state index contributed by atoms with van der Waals surface area (Å²) >= 11 is 1.25. The molecule has 3 aromatic rings. The van der Waals surface area contributed by atoms with Crippen molar-refractivity contribution < 1.29 is 8.42 Å². The number of benzene rings is 1. The highest BCUT2D eigenvalue weighted by atomic mass is 32.2. The standard InChI is InChI=1S/C19H20N4O2S2/c1-14-7-10-19(26-14)27(24,25)22-16-6-4-5-15(13-16)17-8-9-18(21-20-17)23-11-2-3-12-23/h4-10,13,22H,2-3,11-12H2,1H3. The highest BCUT2D eigenvalue weighted by Crippen LogP contribution is 2.26. The molecule has 0 atom stereocenters. The number of thiophene rings is 1. The summed E-state index contributed by atoms with van der Waals surface area (Å²) in [5.74, 6) is 0.890. The number of nitrogens with one attached hydrogen (secondary N) is 1. The second kappa shape index (κ2) is 7.28. The number of hydrogen-bond acceptors (Lipinski definition) is 6. The summed E-state index contributed by atoms with van der Waals surface area (Å²) in [6.07, 6.45) is 2.38. The highest BCUT2D eigenvalue weighted by Gasteiger charge is 2.17. The van der Waals surface area contributed by atoms with Crippen molar-refractivity contribution in [3.05, 3.63) is 53.4 Å². The van der Waals surface area contributed by atoms with Crippen molar-refractivity contribution in [2.45, 2.75) is 24.0 Å². The van der Waals surface area contributed by atoms with Gasteiger partial charge in [-0.2, -0.15) is 0 Å². The van der Waals surface area contributed by atoms with E-state index in [1.165, 1.54) is 24.2 Å². The minimum atomic E-state index is -3.58. The molecular formula is C19H20N4O2S2. The number of aryl methyl sites for hydroxylation is 1. The second-order valence-electron chi connectivity index (χ2n) is 6.52. The van der Waals surface area contributed by atoms with Crippen LogP contribution in [0.15, 0.2) is 52.7 Å². The van der Waals surface area contributed by atoms with Gasteiger partial charge in [-0.05, 0) is 56.2 Å². The number of sulfonamides is 1. The topological polar surface area (TPSA) is 75.2 Å². The van der Waals surface area contributed by atoms with Gasteiger partial charge in [-0.3, -0.25) is 4.72 Å². The monoisotopic (exact) mass is 400 g/mol. The molecule has 1 saturated heterocycles. The molecule has 1 N–H and O–H groups in total. The van der Waals surface area contributed by atoms with Gasteiger partial charge in [0.15, 0.2) is 5.82 Å². The molecule has 27 heavy (non-hydrogen) atoms. The van der Waals surface area contributed by atoms with Crippen LogP contribution in [-0.4, -0.2) is 31.7 Å². The number of nitrogens with zero attached hydrogens (tertiary/aromatic N) is 3. The Kier molecular flexibility index (Phi) is 4.84. The molecule has 3 heterocycles. The molecule has 0 spiro atoms. The summed E-state index contributed by atoms with van der Waals surface area (Å²) in [7, 11) is -3.58. The molecule has 2 aromatic heterocycles. The van der Waals surface area contributed by atoms with Crippen LogP contribution < -0.4 is 9.62 Å². The van der Waals surface area contributed by atoms with Crippen LogP contribution in [0.25, 0.3) is 11.3 Å². The Labute approximate surface area is 162 Å². The van der Waals surface area contributed by atoms with Gasteiger partial charge in [0.2, 0.25) is 0 Å². The van der Waals surface area contributed by atoms with Gasteiger partial charge >= 0.3 is 0 Å². The Hall–Kier alpha value is -2.45. The molecule has 0 bridgehead atoms. The predicted octanol–water partition coefficient (Wildman–Crippen LogP) is 3.91. The van der Waals surface area contributed by atoms with Gasteiger partial charge in [0.1, 0.15) is 4.21 Å². The maximum Gasteiger partial charge on any atom is 0.271 e. The lowest BCUT2D eigenvalue weighted by Gasteiger charge is -2.15. The first-order valence-corrected chi connectivity index (χ1v) is 11.1. The molecule has 0 aliphatic carbocycles. The van der Waals surface area contributed by atoms with Crippen molar-refractivity contribution in [3.8, 4) is 11.3 Å². The fourth-order valence-electron chi connectivity index (χ4n) is 3.10. The third-order valence-electron chi connectivity index (χ3n) is 4.47. The van der Waals surface area contributed by atoms with E-state index in [4.69, 9.17) is 0 Å². The Morgan fingerprint density at radius 1 is 1.04 bits per heavy atom. The number of hydrogen-bond donors (Lipinski definition) is 1. The van der Waals surface area contributed by atoms with Crippen molar-refractivity contribution >= 4 is 32.9 Å². The third kappa shape index (κ3) is 3.96. The summed E-state index contributed by atoms with van der Waals surface area (Å²) in [6, 6.07) is 14.5. The van der Waals surface area contributed by atoms with Gasteiger partial charge in [-0.25, -0.2) is 8.42 Å². The molecule has 1 fully saturated rings. The van der Waals surface area contributed by atoms with Crippen molar-refractivity contribution in [2.75, 3.05) is 22.7 Å². The van der Waals surface area contributed by atoms with Crippen molar-refractivity contribution in [3.63, 3.8) is 0 Å². The van der Waals surface area contributed by atoms with Crippen LogP contribution in [0.2, 0.25) is 0 Å². The zero-order chi connectivity index (χ0) is 18.9. The third-order valence-corrected chi connectivity index (χ3v) is 7.35.